The second kappa shape index (κ2) is 6.35. The van der Waals surface area contributed by atoms with E-state index in [1.54, 1.807) is 0 Å². The SMILES string of the molecule is CC(C)CCN1CC(c2ccccc2)NCC1C. The molecule has 0 radical (unpaired) electrons. The lowest BCUT2D eigenvalue weighted by atomic mass is 10.0. The van der Waals surface area contributed by atoms with Gasteiger partial charge in [-0.15, -0.1) is 0 Å². The Hall–Kier alpha value is -0.860. The summed E-state index contributed by atoms with van der Waals surface area (Å²) in [5, 5.41) is 3.66. The molecule has 18 heavy (non-hydrogen) atoms. The standard InChI is InChI=1S/C16H26N2/c1-13(2)9-10-18-12-16(17-11-14(18)3)15-7-5-4-6-8-15/h4-8,13-14,16-17H,9-12H2,1-3H3. The molecular formula is C16H26N2. The summed E-state index contributed by atoms with van der Waals surface area (Å²) in [6.45, 7) is 10.4. The third-order valence-electron chi connectivity index (χ3n) is 3.90. The monoisotopic (exact) mass is 246 g/mol. The van der Waals surface area contributed by atoms with Gasteiger partial charge < -0.3 is 5.32 Å². The number of nitrogens with one attached hydrogen (secondary N) is 1. The summed E-state index contributed by atoms with van der Waals surface area (Å²) in [6, 6.07) is 12.0. The lowest BCUT2D eigenvalue weighted by Gasteiger charge is -2.39. The van der Waals surface area contributed by atoms with Gasteiger partial charge in [0.25, 0.3) is 0 Å². The van der Waals surface area contributed by atoms with Crippen molar-refractivity contribution < 1.29 is 0 Å². The smallest absolute Gasteiger partial charge is 0.0449 e. The molecule has 0 bridgehead atoms. The summed E-state index contributed by atoms with van der Waals surface area (Å²) in [7, 11) is 0. The number of rotatable bonds is 4. The molecule has 0 aliphatic carbocycles. The highest BCUT2D eigenvalue weighted by Crippen LogP contribution is 2.20. The molecule has 2 atom stereocenters. The maximum atomic E-state index is 3.66. The number of hydrogen-bond donors (Lipinski definition) is 1. The summed E-state index contributed by atoms with van der Waals surface area (Å²) >= 11 is 0. The fraction of sp³-hybridized carbons (Fsp3) is 0.625. The Balaban J connectivity index is 1.96. The van der Waals surface area contributed by atoms with Gasteiger partial charge in [0, 0.05) is 25.2 Å². The van der Waals surface area contributed by atoms with Crippen LogP contribution >= 0.6 is 0 Å². The minimum Gasteiger partial charge on any atom is -0.307 e. The Kier molecular flexibility index (Phi) is 4.79. The average molecular weight is 246 g/mol. The molecule has 2 unspecified atom stereocenters. The summed E-state index contributed by atoms with van der Waals surface area (Å²) in [6.07, 6.45) is 1.30. The number of nitrogens with zero attached hydrogens (tertiary/aromatic N) is 1. The first-order valence-electron chi connectivity index (χ1n) is 7.19. The third kappa shape index (κ3) is 3.56. The van der Waals surface area contributed by atoms with Gasteiger partial charge in [-0.3, -0.25) is 4.90 Å². The van der Waals surface area contributed by atoms with Crippen molar-refractivity contribution in [3.8, 4) is 0 Å². The summed E-state index contributed by atoms with van der Waals surface area (Å²) in [4.78, 5) is 2.63. The Labute approximate surface area is 111 Å². The van der Waals surface area contributed by atoms with Gasteiger partial charge in [0.05, 0.1) is 0 Å². The zero-order chi connectivity index (χ0) is 13.0. The van der Waals surface area contributed by atoms with Crippen LogP contribution in [0.4, 0.5) is 0 Å². The van der Waals surface area contributed by atoms with Crippen molar-refractivity contribution in [2.24, 2.45) is 5.92 Å². The normalized spacial score (nSPS) is 25.6. The Bertz CT molecular complexity index is 347. The van der Waals surface area contributed by atoms with Crippen molar-refractivity contribution in [3.05, 3.63) is 35.9 Å². The lowest BCUT2D eigenvalue weighted by Crippen LogP contribution is -2.51. The summed E-state index contributed by atoms with van der Waals surface area (Å²) in [5.74, 6) is 0.794. The molecule has 1 heterocycles. The van der Waals surface area contributed by atoms with Crippen LogP contribution in [0.25, 0.3) is 0 Å². The second-order valence-electron chi connectivity index (χ2n) is 5.90. The van der Waals surface area contributed by atoms with E-state index in [0.29, 0.717) is 12.1 Å². The van der Waals surface area contributed by atoms with Crippen LogP contribution in [0, 0.1) is 5.92 Å². The lowest BCUT2D eigenvalue weighted by molar-refractivity contribution is 0.134. The third-order valence-corrected chi connectivity index (χ3v) is 3.90. The topological polar surface area (TPSA) is 15.3 Å². The van der Waals surface area contributed by atoms with Crippen LogP contribution in [0.15, 0.2) is 30.3 Å². The second-order valence-corrected chi connectivity index (χ2v) is 5.90. The Morgan fingerprint density at radius 3 is 2.67 bits per heavy atom. The van der Waals surface area contributed by atoms with Crippen LogP contribution in [0.1, 0.15) is 38.8 Å². The van der Waals surface area contributed by atoms with Gasteiger partial charge in [-0.25, -0.2) is 0 Å². The Morgan fingerprint density at radius 2 is 2.00 bits per heavy atom. The van der Waals surface area contributed by atoms with Crippen molar-refractivity contribution >= 4 is 0 Å². The van der Waals surface area contributed by atoms with Gasteiger partial charge in [0.15, 0.2) is 0 Å². The van der Waals surface area contributed by atoms with E-state index in [9.17, 15) is 0 Å². The summed E-state index contributed by atoms with van der Waals surface area (Å²) < 4.78 is 0. The van der Waals surface area contributed by atoms with Crippen LogP contribution in [0.5, 0.6) is 0 Å². The van der Waals surface area contributed by atoms with Gasteiger partial charge in [-0.05, 0) is 31.4 Å². The van der Waals surface area contributed by atoms with Crippen LogP contribution in [0.2, 0.25) is 0 Å². The van der Waals surface area contributed by atoms with E-state index in [2.05, 4.69) is 61.3 Å². The van der Waals surface area contributed by atoms with Gasteiger partial charge in [-0.1, -0.05) is 44.2 Å². The molecule has 1 N–H and O–H groups in total. The van der Waals surface area contributed by atoms with E-state index in [4.69, 9.17) is 0 Å². The quantitative estimate of drug-likeness (QED) is 0.878. The predicted molar refractivity (Wildman–Crippen MR) is 77.7 cm³/mol. The molecule has 0 amide bonds. The molecular weight excluding hydrogens is 220 g/mol. The van der Waals surface area contributed by atoms with Crippen molar-refractivity contribution in [1.29, 1.82) is 0 Å². The van der Waals surface area contributed by atoms with E-state index in [1.807, 2.05) is 0 Å². The van der Waals surface area contributed by atoms with Crippen molar-refractivity contribution in [3.63, 3.8) is 0 Å². The fourth-order valence-corrected chi connectivity index (χ4v) is 2.57. The molecule has 2 rings (SSSR count). The highest BCUT2D eigenvalue weighted by Gasteiger charge is 2.25. The zero-order valence-corrected chi connectivity index (χ0v) is 11.9. The molecule has 1 fully saturated rings. The molecule has 2 heteroatoms. The Morgan fingerprint density at radius 1 is 1.28 bits per heavy atom. The van der Waals surface area contributed by atoms with E-state index >= 15 is 0 Å². The van der Waals surface area contributed by atoms with E-state index in [0.717, 1.165) is 19.0 Å². The first-order chi connectivity index (χ1) is 8.66. The minimum absolute atomic E-state index is 0.495. The van der Waals surface area contributed by atoms with Crippen LogP contribution in [-0.2, 0) is 0 Å². The largest absolute Gasteiger partial charge is 0.307 e. The molecule has 1 aromatic carbocycles. The number of benzene rings is 1. The highest BCUT2D eigenvalue weighted by molar-refractivity contribution is 5.20. The van der Waals surface area contributed by atoms with Crippen molar-refractivity contribution in [1.82, 2.24) is 10.2 Å². The fourth-order valence-electron chi connectivity index (χ4n) is 2.57. The molecule has 1 aromatic rings. The molecule has 100 valence electrons. The maximum Gasteiger partial charge on any atom is 0.0449 e. The number of hydrogen-bond acceptors (Lipinski definition) is 2. The first kappa shape index (κ1) is 13.6. The molecule has 2 nitrogen and oxygen atoms in total. The van der Waals surface area contributed by atoms with Crippen molar-refractivity contribution in [2.75, 3.05) is 19.6 Å². The van der Waals surface area contributed by atoms with E-state index < -0.39 is 0 Å². The number of piperazine rings is 1. The van der Waals surface area contributed by atoms with E-state index in [1.165, 1.54) is 18.5 Å². The highest BCUT2D eigenvalue weighted by atomic mass is 15.2. The van der Waals surface area contributed by atoms with Crippen LogP contribution in [-0.4, -0.2) is 30.6 Å². The summed E-state index contributed by atoms with van der Waals surface area (Å²) in [5.41, 5.74) is 1.42. The predicted octanol–water partition coefficient (Wildman–Crippen LogP) is 3.07. The van der Waals surface area contributed by atoms with Crippen LogP contribution in [0.3, 0.4) is 0 Å². The molecule has 1 aliphatic rings. The molecule has 1 aliphatic heterocycles. The average Bonchev–Trinajstić information content (AvgIpc) is 2.38. The minimum atomic E-state index is 0.495. The zero-order valence-electron chi connectivity index (χ0n) is 11.9. The van der Waals surface area contributed by atoms with Gasteiger partial charge in [0.1, 0.15) is 0 Å². The van der Waals surface area contributed by atoms with Crippen LogP contribution < -0.4 is 5.32 Å². The van der Waals surface area contributed by atoms with Gasteiger partial charge >= 0.3 is 0 Å². The van der Waals surface area contributed by atoms with E-state index in [-0.39, 0.29) is 0 Å². The molecule has 0 spiro atoms. The molecule has 0 saturated carbocycles. The van der Waals surface area contributed by atoms with Gasteiger partial charge in [0.2, 0.25) is 0 Å². The first-order valence-corrected chi connectivity index (χ1v) is 7.19. The maximum absolute atomic E-state index is 3.66. The van der Waals surface area contributed by atoms with Gasteiger partial charge in [-0.2, -0.15) is 0 Å². The van der Waals surface area contributed by atoms with Crippen molar-refractivity contribution in [2.45, 2.75) is 39.3 Å². The molecule has 0 aromatic heterocycles. The molecule has 1 saturated heterocycles.